The monoisotopic (exact) mass is 580 g/mol. The second-order valence-electron chi connectivity index (χ2n) is 9.90. The minimum atomic E-state index is -1.23. The predicted molar refractivity (Wildman–Crippen MR) is 159 cm³/mol. The molecule has 218 valence electrons. The Bertz CT molecular complexity index is 1390. The third kappa shape index (κ3) is 8.97. The Hall–Kier alpha value is -4.05. The van der Waals surface area contributed by atoms with Crippen LogP contribution in [0, 0.1) is 5.92 Å². The molecule has 0 aromatic heterocycles. The lowest BCUT2D eigenvalue weighted by atomic mass is 10.0. The van der Waals surface area contributed by atoms with Crippen LogP contribution in [0.1, 0.15) is 31.4 Å². The second-order valence-corrected chi connectivity index (χ2v) is 10.9. The SMILES string of the molecule is COc1ccc(OC)c(CC(=O)NC(C(=O)NC(CC(=O)O)C(=O)CSCc2cccc3ccccc23)C(C)C)c1. The van der Waals surface area contributed by atoms with E-state index in [1.165, 1.54) is 26.0 Å². The smallest absolute Gasteiger partial charge is 0.305 e. The van der Waals surface area contributed by atoms with Gasteiger partial charge in [0.05, 0.1) is 38.9 Å². The molecule has 0 bridgehead atoms. The molecule has 3 aromatic carbocycles. The summed E-state index contributed by atoms with van der Waals surface area (Å²) in [7, 11) is 3.01. The summed E-state index contributed by atoms with van der Waals surface area (Å²) in [5.41, 5.74) is 1.64. The first kappa shape index (κ1) is 31.5. The van der Waals surface area contributed by atoms with E-state index in [-0.39, 0.29) is 18.1 Å². The van der Waals surface area contributed by atoms with E-state index >= 15 is 0 Å². The summed E-state index contributed by atoms with van der Waals surface area (Å²) in [5, 5.41) is 16.9. The highest BCUT2D eigenvalue weighted by Gasteiger charge is 2.30. The fourth-order valence-corrected chi connectivity index (χ4v) is 5.39. The molecule has 10 heteroatoms. The molecular weight excluding hydrogens is 544 g/mol. The van der Waals surface area contributed by atoms with E-state index in [1.54, 1.807) is 32.0 Å². The van der Waals surface area contributed by atoms with Crippen molar-refractivity contribution in [2.75, 3.05) is 20.0 Å². The molecular formula is C31H36N2O7S. The van der Waals surface area contributed by atoms with Crippen molar-refractivity contribution in [1.82, 2.24) is 10.6 Å². The molecule has 3 aromatic rings. The summed E-state index contributed by atoms with van der Waals surface area (Å²) in [5.74, 6) is -1.36. The number of nitrogens with one attached hydrogen (secondary N) is 2. The molecule has 0 radical (unpaired) electrons. The third-order valence-corrected chi connectivity index (χ3v) is 7.57. The van der Waals surface area contributed by atoms with E-state index in [4.69, 9.17) is 9.47 Å². The molecule has 2 atom stereocenters. The highest BCUT2D eigenvalue weighted by Crippen LogP contribution is 2.25. The first-order chi connectivity index (χ1) is 19.6. The van der Waals surface area contributed by atoms with Crippen molar-refractivity contribution in [3.63, 3.8) is 0 Å². The van der Waals surface area contributed by atoms with Crippen molar-refractivity contribution in [2.45, 2.75) is 44.5 Å². The first-order valence-electron chi connectivity index (χ1n) is 13.2. The molecule has 0 aliphatic heterocycles. The van der Waals surface area contributed by atoms with Gasteiger partial charge in [-0.1, -0.05) is 56.3 Å². The minimum absolute atomic E-state index is 0.0236. The number of benzene rings is 3. The van der Waals surface area contributed by atoms with E-state index in [2.05, 4.69) is 10.6 Å². The summed E-state index contributed by atoms with van der Waals surface area (Å²) >= 11 is 1.36. The first-order valence-corrected chi connectivity index (χ1v) is 14.4. The number of carboxylic acids is 1. The van der Waals surface area contributed by atoms with E-state index < -0.39 is 42.1 Å². The molecule has 0 heterocycles. The van der Waals surface area contributed by atoms with Gasteiger partial charge in [0.2, 0.25) is 11.8 Å². The van der Waals surface area contributed by atoms with Crippen LogP contribution >= 0.6 is 11.8 Å². The fraction of sp³-hybridized carbons (Fsp3) is 0.355. The fourth-order valence-electron chi connectivity index (χ4n) is 4.41. The number of fused-ring (bicyclic) bond motifs is 1. The van der Waals surface area contributed by atoms with Crippen molar-refractivity contribution in [1.29, 1.82) is 0 Å². The highest BCUT2D eigenvalue weighted by molar-refractivity contribution is 7.99. The zero-order chi connectivity index (χ0) is 29.9. The summed E-state index contributed by atoms with van der Waals surface area (Å²) in [6, 6.07) is 16.8. The van der Waals surface area contributed by atoms with Gasteiger partial charge in [0.25, 0.3) is 0 Å². The average Bonchev–Trinajstić information content (AvgIpc) is 2.95. The van der Waals surface area contributed by atoms with Crippen LogP contribution in [0.25, 0.3) is 10.8 Å². The van der Waals surface area contributed by atoms with Crippen molar-refractivity contribution in [3.8, 4) is 11.5 Å². The predicted octanol–water partition coefficient (Wildman–Crippen LogP) is 4.00. The summed E-state index contributed by atoms with van der Waals surface area (Å²) in [6.07, 6.45) is -0.627. The molecule has 41 heavy (non-hydrogen) atoms. The van der Waals surface area contributed by atoms with Gasteiger partial charge in [0.1, 0.15) is 17.5 Å². The molecule has 2 amide bonds. The van der Waals surface area contributed by atoms with Crippen LogP contribution in [0.2, 0.25) is 0 Å². The van der Waals surface area contributed by atoms with Gasteiger partial charge in [-0.15, -0.1) is 11.8 Å². The zero-order valence-electron chi connectivity index (χ0n) is 23.6. The van der Waals surface area contributed by atoms with Crippen LogP contribution in [0.3, 0.4) is 0 Å². The van der Waals surface area contributed by atoms with Gasteiger partial charge in [-0.05, 0) is 40.5 Å². The van der Waals surface area contributed by atoms with E-state index in [0.29, 0.717) is 22.8 Å². The van der Waals surface area contributed by atoms with Crippen LogP contribution in [0.5, 0.6) is 11.5 Å². The Morgan fingerprint density at radius 2 is 1.63 bits per heavy atom. The normalized spacial score (nSPS) is 12.4. The maximum Gasteiger partial charge on any atom is 0.305 e. The molecule has 3 N–H and O–H groups in total. The Kier molecular flexibility index (Phi) is 11.6. The molecule has 9 nitrogen and oxygen atoms in total. The average molecular weight is 581 g/mol. The molecule has 0 aliphatic rings. The van der Waals surface area contributed by atoms with E-state index in [0.717, 1.165) is 16.3 Å². The van der Waals surface area contributed by atoms with Gasteiger partial charge in [0, 0.05) is 11.3 Å². The Balaban J connectivity index is 1.64. The maximum absolute atomic E-state index is 13.2. The lowest BCUT2D eigenvalue weighted by Crippen LogP contribution is -2.54. The number of rotatable bonds is 15. The zero-order valence-corrected chi connectivity index (χ0v) is 24.5. The summed E-state index contributed by atoms with van der Waals surface area (Å²) in [6.45, 7) is 3.51. The standard InChI is InChI=1S/C31H36N2O7S/c1-19(2)30(33-28(35)15-22-14-23(39-3)12-13-27(22)40-4)31(38)32-25(16-29(36)37)26(34)18-41-17-21-10-7-9-20-8-5-6-11-24(20)21/h5-14,19,25,30H,15-18H2,1-4H3,(H,32,38)(H,33,35)(H,36,37). The number of Topliss-reactive ketones (excluding diaryl/α,β-unsaturated/α-hetero) is 1. The van der Waals surface area contributed by atoms with E-state index in [9.17, 15) is 24.3 Å². The molecule has 0 fully saturated rings. The quantitative estimate of drug-likeness (QED) is 0.246. The molecule has 0 aliphatic carbocycles. The number of ketones is 1. The van der Waals surface area contributed by atoms with Crippen LogP contribution in [0.4, 0.5) is 0 Å². The van der Waals surface area contributed by atoms with Gasteiger partial charge < -0.3 is 25.2 Å². The molecule has 0 spiro atoms. The highest BCUT2D eigenvalue weighted by atomic mass is 32.2. The largest absolute Gasteiger partial charge is 0.497 e. The number of carboxylic acid groups (broad SMARTS) is 1. The topological polar surface area (TPSA) is 131 Å². The number of carbonyl (C=O) groups is 4. The minimum Gasteiger partial charge on any atom is -0.497 e. The van der Waals surface area contributed by atoms with Crippen LogP contribution in [-0.2, 0) is 31.4 Å². The van der Waals surface area contributed by atoms with Crippen LogP contribution in [0.15, 0.2) is 60.7 Å². The number of hydrogen-bond donors (Lipinski definition) is 3. The number of ether oxygens (including phenoxy) is 2. The van der Waals surface area contributed by atoms with Gasteiger partial charge in [0.15, 0.2) is 5.78 Å². The molecule has 2 unspecified atom stereocenters. The van der Waals surface area contributed by atoms with Crippen molar-refractivity contribution < 1.29 is 33.8 Å². The molecule has 3 rings (SSSR count). The number of amides is 2. The van der Waals surface area contributed by atoms with Crippen molar-refractivity contribution in [3.05, 3.63) is 71.8 Å². The number of hydrogen-bond acceptors (Lipinski definition) is 7. The van der Waals surface area contributed by atoms with Gasteiger partial charge in [-0.25, -0.2) is 0 Å². The number of thioether (sulfide) groups is 1. The summed E-state index contributed by atoms with van der Waals surface area (Å²) < 4.78 is 10.6. The van der Waals surface area contributed by atoms with Crippen molar-refractivity contribution >= 4 is 46.1 Å². The van der Waals surface area contributed by atoms with Crippen LogP contribution < -0.4 is 20.1 Å². The second kappa shape index (κ2) is 15.1. The Labute approximate surface area is 244 Å². The summed E-state index contributed by atoms with van der Waals surface area (Å²) in [4.78, 5) is 50.7. The van der Waals surface area contributed by atoms with Gasteiger partial charge >= 0.3 is 5.97 Å². The molecule has 0 saturated heterocycles. The van der Waals surface area contributed by atoms with Crippen molar-refractivity contribution in [2.24, 2.45) is 5.92 Å². The van der Waals surface area contributed by atoms with Gasteiger partial charge in [-0.2, -0.15) is 0 Å². The number of carbonyl (C=O) groups excluding carboxylic acids is 3. The Morgan fingerprint density at radius 1 is 0.902 bits per heavy atom. The lowest BCUT2D eigenvalue weighted by Gasteiger charge is -2.25. The Morgan fingerprint density at radius 3 is 2.32 bits per heavy atom. The third-order valence-electron chi connectivity index (χ3n) is 6.57. The lowest BCUT2D eigenvalue weighted by molar-refractivity contribution is -0.140. The number of methoxy groups -OCH3 is 2. The maximum atomic E-state index is 13.2. The van der Waals surface area contributed by atoms with Crippen LogP contribution in [-0.4, -0.2) is 60.7 Å². The van der Waals surface area contributed by atoms with E-state index in [1.807, 2.05) is 42.5 Å². The number of aliphatic carboxylic acids is 1. The molecule has 0 saturated carbocycles. The van der Waals surface area contributed by atoms with Gasteiger partial charge in [-0.3, -0.25) is 19.2 Å².